The lowest BCUT2D eigenvalue weighted by Crippen LogP contribution is -2.55. The zero-order valence-electron chi connectivity index (χ0n) is 19.5. The number of fused-ring (bicyclic) bond motifs is 3. The molecule has 2 heterocycles. The van der Waals surface area contributed by atoms with Gasteiger partial charge in [-0.15, -0.1) is 0 Å². The summed E-state index contributed by atoms with van der Waals surface area (Å²) in [5, 5.41) is 9.34. The second kappa shape index (κ2) is 9.56. The number of aromatic carboxylic acids is 1. The largest absolute Gasteiger partial charge is 0.475 e. The van der Waals surface area contributed by atoms with Crippen LogP contribution in [0.5, 0.6) is 0 Å². The van der Waals surface area contributed by atoms with Gasteiger partial charge in [-0.1, -0.05) is 48.5 Å². The van der Waals surface area contributed by atoms with Crippen LogP contribution in [0.3, 0.4) is 0 Å². The van der Waals surface area contributed by atoms with Gasteiger partial charge in [0.25, 0.3) is 0 Å². The van der Waals surface area contributed by atoms with Crippen LogP contribution in [0.1, 0.15) is 45.3 Å². The molecule has 0 radical (unpaired) electrons. The fourth-order valence-electron chi connectivity index (χ4n) is 5.14. The summed E-state index contributed by atoms with van der Waals surface area (Å²) in [7, 11) is 0. The van der Waals surface area contributed by atoms with Crippen molar-refractivity contribution in [3.8, 4) is 11.1 Å². The predicted molar refractivity (Wildman–Crippen MR) is 128 cm³/mol. The zero-order valence-corrected chi connectivity index (χ0v) is 19.5. The van der Waals surface area contributed by atoms with Crippen LogP contribution in [0, 0.1) is 6.92 Å². The van der Waals surface area contributed by atoms with E-state index in [9.17, 15) is 14.7 Å². The lowest BCUT2D eigenvalue weighted by atomic mass is 9.98. The Morgan fingerprint density at radius 1 is 1.11 bits per heavy atom. The summed E-state index contributed by atoms with van der Waals surface area (Å²) in [6.45, 7) is 2.70. The number of carboxylic acid groups (broad SMARTS) is 1. The summed E-state index contributed by atoms with van der Waals surface area (Å²) in [6.07, 6.45) is 0.0387. The number of carbonyl (C=O) groups excluding carboxylic acids is 1. The first-order valence-electron chi connectivity index (χ1n) is 11.7. The summed E-state index contributed by atoms with van der Waals surface area (Å²) in [5.74, 6) is -0.985. The quantitative estimate of drug-likeness (QED) is 0.549. The van der Waals surface area contributed by atoms with Crippen molar-refractivity contribution in [2.75, 3.05) is 19.8 Å². The van der Waals surface area contributed by atoms with E-state index < -0.39 is 12.1 Å². The maximum Gasteiger partial charge on any atom is 0.410 e. The molecule has 0 unspecified atom stereocenters. The SMILES string of the molecule is Cc1cc(CN(C(=O)OCC2c3ccccc3-c3ccccc32)[C@H]2CCOC[C@H]2N)oc1C(=O)O. The number of furan rings is 1. The van der Waals surface area contributed by atoms with Gasteiger partial charge in [0, 0.05) is 24.1 Å². The first-order chi connectivity index (χ1) is 16.9. The number of amides is 1. The summed E-state index contributed by atoms with van der Waals surface area (Å²) in [6, 6.07) is 17.2. The first-order valence-corrected chi connectivity index (χ1v) is 11.7. The number of nitrogens with zero attached hydrogens (tertiary/aromatic N) is 1. The maximum atomic E-state index is 13.4. The van der Waals surface area contributed by atoms with E-state index in [4.69, 9.17) is 19.6 Å². The standard InChI is InChI=1S/C27H28N2O6/c1-16-12-17(35-25(16)26(30)31)13-29(24-10-11-33-15-23(24)28)27(32)34-14-22-20-8-4-2-6-18(20)19-7-3-5-9-21(19)22/h2-9,12,22-24H,10-11,13-15,28H2,1H3,(H,30,31)/t23-,24+/m1/s1. The fourth-order valence-corrected chi connectivity index (χ4v) is 5.14. The van der Waals surface area contributed by atoms with Gasteiger partial charge in [-0.05, 0) is 41.7 Å². The van der Waals surface area contributed by atoms with Crippen molar-refractivity contribution in [1.29, 1.82) is 0 Å². The molecule has 35 heavy (non-hydrogen) atoms. The second-order valence-corrected chi connectivity index (χ2v) is 9.06. The van der Waals surface area contributed by atoms with E-state index in [1.54, 1.807) is 17.9 Å². The van der Waals surface area contributed by atoms with Gasteiger partial charge in [0.05, 0.1) is 19.2 Å². The third-order valence-corrected chi connectivity index (χ3v) is 6.82. The van der Waals surface area contributed by atoms with Crippen LogP contribution in [0.15, 0.2) is 59.0 Å². The van der Waals surface area contributed by atoms with E-state index in [1.165, 1.54) is 0 Å². The van der Waals surface area contributed by atoms with Crippen LogP contribution in [0.25, 0.3) is 11.1 Å². The molecule has 1 amide bonds. The molecule has 3 N–H and O–H groups in total. The molecule has 2 aromatic carbocycles. The minimum Gasteiger partial charge on any atom is -0.475 e. The van der Waals surface area contributed by atoms with Crippen molar-refractivity contribution >= 4 is 12.1 Å². The van der Waals surface area contributed by atoms with Gasteiger partial charge >= 0.3 is 12.1 Å². The van der Waals surface area contributed by atoms with Crippen molar-refractivity contribution in [1.82, 2.24) is 4.90 Å². The summed E-state index contributed by atoms with van der Waals surface area (Å²) in [5.41, 5.74) is 11.4. The number of hydrogen-bond donors (Lipinski definition) is 2. The van der Waals surface area contributed by atoms with E-state index in [1.807, 2.05) is 24.3 Å². The molecule has 1 aliphatic heterocycles. The van der Waals surface area contributed by atoms with Crippen LogP contribution in [0.2, 0.25) is 0 Å². The Morgan fingerprint density at radius 3 is 2.37 bits per heavy atom. The molecule has 1 aromatic heterocycles. The monoisotopic (exact) mass is 476 g/mol. The van der Waals surface area contributed by atoms with Crippen LogP contribution in [-0.4, -0.2) is 54.0 Å². The number of benzene rings is 2. The van der Waals surface area contributed by atoms with E-state index in [-0.39, 0.29) is 36.9 Å². The van der Waals surface area contributed by atoms with Crippen LogP contribution >= 0.6 is 0 Å². The van der Waals surface area contributed by atoms with Gasteiger partial charge < -0.3 is 24.7 Å². The lowest BCUT2D eigenvalue weighted by Gasteiger charge is -2.37. The number of aryl methyl sites for hydroxylation is 1. The van der Waals surface area contributed by atoms with E-state index in [2.05, 4.69) is 24.3 Å². The van der Waals surface area contributed by atoms with Crippen molar-refractivity contribution < 1.29 is 28.6 Å². The van der Waals surface area contributed by atoms with Gasteiger partial charge in [0.15, 0.2) is 0 Å². The summed E-state index contributed by atoms with van der Waals surface area (Å²) < 4.78 is 16.9. The second-order valence-electron chi connectivity index (χ2n) is 9.06. The molecule has 1 fully saturated rings. The molecule has 182 valence electrons. The molecule has 0 saturated carbocycles. The highest BCUT2D eigenvalue weighted by molar-refractivity contribution is 5.86. The van der Waals surface area contributed by atoms with Crippen molar-refractivity contribution in [2.45, 2.75) is 37.9 Å². The Hall–Kier alpha value is -3.62. The zero-order chi connectivity index (χ0) is 24.5. The summed E-state index contributed by atoms with van der Waals surface area (Å²) >= 11 is 0. The molecular weight excluding hydrogens is 448 g/mol. The molecule has 1 aliphatic carbocycles. The molecule has 8 nitrogen and oxygen atoms in total. The number of carboxylic acids is 1. The van der Waals surface area contributed by atoms with Crippen molar-refractivity contribution in [3.63, 3.8) is 0 Å². The maximum absolute atomic E-state index is 13.4. The van der Waals surface area contributed by atoms with Crippen molar-refractivity contribution in [3.05, 3.63) is 82.8 Å². The van der Waals surface area contributed by atoms with E-state index in [0.717, 1.165) is 22.3 Å². The molecule has 0 spiro atoms. The topological polar surface area (TPSA) is 115 Å². The number of ether oxygens (including phenoxy) is 2. The smallest absolute Gasteiger partial charge is 0.410 e. The molecule has 2 atom stereocenters. The third kappa shape index (κ3) is 4.42. The normalized spacial score (nSPS) is 19.1. The van der Waals surface area contributed by atoms with Gasteiger partial charge in [-0.25, -0.2) is 9.59 Å². The average Bonchev–Trinajstić information content (AvgIpc) is 3.39. The first kappa shape index (κ1) is 23.1. The average molecular weight is 477 g/mol. The minimum atomic E-state index is -1.15. The van der Waals surface area contributed by atoms with Gasteiger partial charge in [-0.3, -0.25) is 4.90 Å². The van der Waals surface area contributed by atoms with Crippen molar-refractivity contribution in [2.24, 2.45) is 5.73 Å². The number of hydrogen-bond acceptors (Lipinski definition) is 6. The molecule has 1 saturated heterocycles. The Labute approximate surface area is 203 Å². The Kier molecular flexibility index (Phi) is 6.32. The molecule has 0 bridgehead atoms. The van der Waals surface area contributed by atoms with Crippen LogP contribution < -0.4 is 5.73 Å². The molecule has 8 heteroatoms. The highest BCUT2D eigenvalue weighted by Crippen LogP contribution is 2.44. The Balaban J connectivity index is 1.38. The third-order valence-electron chi connectivity index (χ3n) is 6.82. The molecule has 3 aromatic rings. The molecular formula is C27H28N2O6. The number of rotatable bonds is 6. The van der Waals surface area contributed by atoms with Crippen LogP contribution in [-0.2, 0) is 16.0 Å². The van der Waals surface area contributed by atoms with Gasteiger partial charge in [0.1, 0.15) is 12.4 Å². The molecule has 2 aliphatic rings. The minimum absolute atomic E-state index is 0.0587. The summed E-state index contributed by atoms with van der Waals surface area (Å²) in [4.78, 5) is 26.4. The van der Waals surface area contributed by atoms with Crippen LogP contribution in [0.4, 0.5) is 4.79 Å². The fraction of sp³-hybridized carbons (Fsp3) is 0.333. The lowest BCUT2D eigenvalue weighted by molar-refractivity contribution is 0.00779. The Bertz CT molecular complexity index is 1210. The van der Waals surface area contributed by atoms with Gasteiger partial charge in [-0.2, -0.15) is 0 Å². The van der Waals surface area contributed by atoms with Gasteiger partial charge in [0.2, 0.25) is 5.76 Å². The van der Waals surface area contributed by atoms with E-state index in [0.29, 0.717) is 31.0 Å². The highest BCUT2D eigenvalue weighted by Gasteiger charge is 2.35. The highest BCUT2D eigenvalue weighted by atomic mass is 16.6. The molecule has 5 rings (SSSR count). The number of carbonyl (C=O) groups is 2. The predicted octanol–water partition coefficient (Wildman–Crippen LogP) is 4.15. The number of nitrogens with two attached hydrogens (primary N) is 1. The van der Waals surface area contributed by atoms with E-state index >= 15 is 0 Å². The Morgan fingerprint density at radius 2 is 1.77 bits per heavy atom.